The molecule has 0 saturated heterocycles. The van der Waals surface area contributed by atoms with E-state index in [4.69, 9.17) is 9.47 Å². The second-order valence-corrected chi connectivity index (χ2v) is 15.0. The maximum Gasteiger partial charge on any atom is 0.412 e. The molecule has 0 rings (SSSR count). The fourth-order valence-corrected chi connectivity index (χ4v) is 2.84. The molecule has 0 bridgehead atoms. The second-order valence-electron chi connectivity index (χ2n) is 9.34. The summed E-state index contributed by atoms with van der Waals surface area (Å²) in [7, 11) is 0.448. The number of amides is 2. The van der Waals surface area contributed by atoms with Crippen LogP contribution in [0.5, 0.6) is 0 Å². The van der Waals surface area contributed by atoms with Crippen molar-refractivity contribution in [2.45, 2.75) is 72.3 Å². The van der Waals surface area contributed by atoms with Gasteiger partial charge in [0.15, 0.2) is 0 Å². The molecule has 0 spiro atoms. The third-order valence-electron chi connectivity index (χ3n) is 3.72. The second kappa shape index (κ2) is 10.6. The van der Waals surface area contributed by atoms with Crippen LogP contribution in [0.4, 0.5) is 9.59 Å². The molecular weight excluding hydrogens is 348 g/mol. The Hall–Kier alpha value is -1.50. The van der Waals surface area contributed by atoms with E-state index >= 15 is 0 Å². The number of hydrogen-bond donors (Lipinski definition) is 1. The first kappa shape index (κ1) is 24.5. The average Bonchev–Trinajstić information content (AvgIpc) is 2.41. The van der Waals surface area contributed by atoms with Crippen LogP contribution in [0.1, 0.15) is 40.5 Å². The van der Waals surface area contributed by atoms with Gasteiger partial charge in [0.25, 0.3) is 0 Å². The lowest BCUT2D eigenvalue weighted by Crippen LogP contribution is -2.45. The molecule has 1 atom stereocenters. The number of rotatable bonds is 9. The molecule has 0 saturated carbocycles. The lowest BCUT2D eigenvalue weighted by Gasteiger charge is -2.27. The molecule has 0 aromatic heterocycles. The molecule has 26 heavy (non-hydrogen) atoms. The lowest BCUT2D eigenvalue weighted by atomic mass is 9.88. The Balaban J connectivity index is 4.68. The third kappa shape index (κ3) is 13.8. The molecule has 0 radical (unpaired) electrons. The van der Waals surface area contributed by atoms with E-state index in [0.717, 1.165) is 18.9 Å². The van der Waals surface area contributed by atoms with Crippen molar-refractivity contribution in [2.75, 3.05) is 20.2 Å². The number of ether oxygens (including phenoxy) is 2. The van der Waals surface area contributed by atoms with E-state index in [1.807, 2.05) is 0 Å². The number of nitrogens with one attached hydrogen (secondary N) is 1. The monoisotopic (exact) mass is 386 g/mol. The maximum atomic E-state index is 12.2. The first-order valence-corrected chi connectivity index (χ1v) is 12.9. The van der Waals surface area contributed by atoms with Gasteiger partial charge in [0.05, 0.1) is 12.4 Å². The van der Waals surface area contributed by atoms with E-state index in [0.29, 0.717) is 18.9 Å². The van der Waals surface area contributed by atoms with Crippen LogP contribution in [0, 0.1) is 5.41 Å². The van der Waals surface area contributed by atoms with Gasteiger partial charge in [-0.05, 0) is 31.2 Å². The Morgan fingerprint density at radius 2 is 1.81 bits per heavy atom. The van der Waals surface area contributed by atoms with Crippen LogP contribution in [0.15, 0.2) is 12.3 Å². The number of nitrogens with zero attached hydrogens (tertiary/aromatic N) is 1. The molecule has 0 aromatic rings. The zero-order valence-electron chi connectivity index (χ0n) is 17.9. The van der Waals surface area contributed by atoms with E-state index in [2.05, 4.69) is 52.3 Å². The van der Waals surface area contributed by atoms with E-state index in [1.165, 1.54) is 4.90 Å². The van der Waals surface area contributed by atoms with Crippen molar-refractivity contribution >= 4 is 20.3 Å². The minimum absolute atomic E-state index is 0.134. The Bertz CT molecular complexity index is 481. The topological polar surface area (TPSA) is 67.9 Å². The van der Waals surface area contributed by atoms with Gasteiger partial charge in [-0.15, -0.1) is 0 Å². The number of hydrogen-bond acceptors (Lipinski definition) is 4. The predicted molar refractivity (Wildman–Crippen MR) is 109 cm³/mol. The fraction of sp³-hybridized carbons (Fsp3) is 0.789. The average molecular weight is 387 g/mol. The molecule has 7 heteroatoms. The summed E-state index contributed by atoms with van der Waals surface area (Å²) in [5.74, 6) is 0.330. The Morgan fingerprint density at radius 1 is 1.23 bits per heavy atom. The molecule has 0 aromatic carbocycles. The van der Waals surface area contributed by atoms with Gasteiger partial charge < -0.3 is 19.7 Å². The predicted octanol–water partition coefficient (Wildman–Crippen LogP) is 4.85. The summed E-state index contributed by atoms with van der Waals surface area (Å²) < 4.78 is 10.3. The Kier molecular flexibility index (Phi) is 9.99. The van der Waals surface area contributed by atoms with Crippen LogP contribution < -0.4 is 5.32 Å². The van der Waals surface area contributed by atoms with Crippen LogP contribution in [0.25, 0.3) is 0 Å². The highest BCUT2D eigenvalue weighted by Gasteiger charge is 2.22. The summed E-state index contributed by atoms with van der Waals surface area (Å²) >= 11 is 0. The van der Waals surface area contributed by atoms with Gasteiger partial charge in [0, 0.05) is 27.7 Å². The SMILES string of the molecule is C=C(C)OC(=O)NC(CCC(C)(C)C)CN(C)C(=O)OCC[Si](C)(C)C. The highest BCUT2D eigenvalue weighted by atomic mass is 28.3. The van der Waals surface area contributed by atoms with Crippen molar-refractivity contribution in [2.24, 2.45) is 5.41 Å². The lowest BCUT2D eigenvalue weighted by molar-refractivity contribution is 0.109. The van der Waals surface area contributed by atoms with Gasteiger partial charge in [-0.1, -0.05) is 47.0 Å². The first-order valence-electron chi connectivity index (χ1n) is 9.21. The zero-order valence-corrected chi connectivity index (χ0v) is 18.9. The summed E-state index contributed by atoms with van der Waals surface area (Å²) in [5.41, 5.74) is 0.134. The normalized spacial score (nSPS) is 12.9. The summed E-state index contributed by atoms with van der Waals surface area (Å²) in [6.45, 7) is 19.1. The molecule has 1 N–H and O–H groups in total. The maximum absolute atomic E-state index is 12.2. The van der Waals surface area contributed by atoms with Crippen molar-refractivity contribution in [3.8, 4) is 0 Å². The molecule has 1 unspecified atom stereocenters. The van der Waals surface area contributed by atoms with E-state index in [9.17, 15) is 9.59 Å². The van der Waals surface area contributed by atoms with Crippen molar-refractivity contribution in [3.63, 3.8) is 0 Å². The molecule has 152 valence electrons. The van der Waals surface area contributed by atoms with Crippen molar-refractivity contribution in [1.29, 1.82) is 0 Å². The molecule has 2 amide bonds. The Morgan fingerprint density at radius 3 is 2.27 bits per heavy atom. The van der Waals surface area contributed by atoms with Crippen LogP contribution in [-0.4, -0.2) is 51.4 Å². The number of likely N-dealkylation sites (N-methyl/N-ethyl adjacent to an activating group) is 1. The number of allylic oxidation sites excluding steroid dienone is 1. The quantitative estimate of drug-likeness (QED) is 0.454. The van der Waals surface area contributed by atoms with Crippen LogP contribution in [-0.2, 0) is 9.47 Å². The van der Waals surface area contributed by atoms with Gasteiger partial charge in [-0.25, -0.2) is 9.59 Å². The summed E-state index contributed by atoms with van der Waals surface area (Å²) in [5, 5.41) is 2.82. The van der Waals surface area contributed by atoms with Crippen molar-refractivity contribution < 1.29 is 19.1 Å². The molecule has 6 nitrogen and oxygen atoms in total. The summed E-state index contributed by atoms with van der Waals surface area (Å²) in [6, 6.07) is 0.721. The van der Waals surface area contributed by atoms with Gasteiger partial charge in [-0.3, -0.25) is 0 Å². The smallest absolute Gasteiger partial charge is 0.412 e. The summed E-state index contributed by atoms with van der Waals surface area (Å²) in [4.78, 5) is 25.6. The van der Waals surface area contributed by atoms with Crippen LogP contribution in [0.3, 0.4) is 0 Å². The molecule has 0 aliphatic rings. The summed E-state index contributed by atoms with van der Waals surface area (Å²) in [6.07, 6.45) is 0.737. The molecule has 0 fully saturated rings. The van der Waals surface area contributed by atoms with Gasteiger partial charge in [0.2, 0.25) is 0 Å². The zero-order chi connectivity index (χ0) is 20.5. The fourth-order valence-electron chi connectivity index (χ4n) is 2.13. The number of alkyl carbamates (subject to hydrolysis) is 1. The van der Waals surface area contributed by atoms with Crippen LogP contribution in [0.2, 0.25) is 25.7 Å². The minimum Gasteiger partial charge on any atom is -0.450 e. The molecule has 0 heterocycles. The minimum atomic E-state index is -1.24. The van der Waals surface area contributed by atoms with Gasteiger partial charge in [-0.2, -0.15) is 0 Å². The highest BCUT2D eigenvalue weighted by molar-refractivity contribution is 6.76. The highest BCUT2D eigenvalue weighted by Crippen LogP contribution is 2.22. The van der Waals surface area contributed by atoms with Gasteiger partial charge >= 0.3 is 12.2 Å². The van der Waals surface area contributed by atoms with Crippen molar-refractivity contribution in [1.82, 2.24) is 10.2 Å². The third-order valence-corrected chi connectivity index (χ3v) is 5.42. The standard InChI is InChI=1S/C19H38N2O4Si/c1-15(2)25-17(22)20-16(10-11-19(3,4)5)14-21(6)18(23)24-12-13-26(7,8)9/h16H,1,10-14H2,2-9H3,(H,20,22). The molecule has 0 aliphatic heterocycles. The molecule has 0 aliphatic carbocycles. The van der Waals surface area contributed by atoms with E-state index < -0.39 is 14.2 Å². The number of carbonyl (C=O) groups excluding carboxylic acids is 2. The van der Waals surface area contributed by atoms with Crippen LogP contribution >= 0.6 is 0 Å². The van der Waals surface area contributed by atoms with E-state index in [-0.39, 0.29) is 17.6 Å². The van der Waals surface area contributed by atoms with Gasteiger partial charge in [0.1, 0.15) is 0 Å². The number of carbonyl (C=O) groups is 2. The van der Waals surface area contributed by atoms with Crippen molar-refractivity contribution in [3.05, 3.63) is 12.3 Å². The molecular formula is C19H38N2O4Si. The Labute approximate surface area is 160 Å². The van der Waals surface area contributed by atoms with E-state index in [1.54, 1.807) is 14.0 Å². The largest absolute Gasteiger partial charge is 0.450 e. The first-order chi connectivity index (χ1) is 11.7.